The third kappa shape index (κ3) is 4.67. The molecule has 6 heteroatoms. The molecule has 5 rings (SSSR count). The second kappa shape index (κ2) is 9.04. The number of halogens is 3. The summed E-state index contributed by atoms with van der Waals surface area (Å²) in [5, 5.41) is 23.1. The maximum atomic E-state index is 13.2. The topological polar surface area (TPSA) is 53.4 Å². The lowest BCUT2D eigenvalue weighted by atomic mass is 9.71. The van der Waals surface area contributed by atoms with E-state index in [1.807, 2.05) is 0 Å². The molecule has 1 fully saturated rings. The molecule has 0 radical (unpaired) electrons. The molecule has 2 N–H and O–H groups in total. The van der Waals surface area contributed by atoms with Crippen LogP contribution in [-0.4, -0.2) is 15.2 Å². The van der Waals surface area contributed by atoms with Crippen LogP contribution in [0.1, 0.15) is 123 Å². The van der Waals surface area contributed by atoms with Gasteiger partial charge in [0, 0.05) is 22.7 Å². The number of fused-ring (bicyclic) bond motifs is 1. The molecule has 2 atom stereocenters. The molecule has 2 unspecified atom stereocenters. The monoisotopic (exact) mass is 485 g/mol. The zero-order valence-corrected chi connectivity index (χ0v) is 20.5. The fraction of sp³-hybridized carbons (Fsp3) is 0.552. The molecule has 0 spiro atoms. The van der Waals surface area contributed by atoms with Crippen LogP contribution in [0.25, 0.3) is 5.57 Å². The number of aliphatic hydroxyl groups excluding tert-OH is 2. The average molecular weight is 486 g/mol. The van der Waals surface area contributed by atoms with E-state index in [1.165, 1.54) is 12.1 Å². The summed E-state index contributed by atoms with van der Waals surface area (Å²) in [6, 6.07) is 4.81. The summed E-state index contributed by atoms with van der Waals surface area (Å²) in [5.74, 6) is 0.210. The van der Waals surface area contributed by atoms with Gasteiger partial charge in [-0.05, 0) is 79.2 Å². The van der Waals surface area contributed by atoms with E-state index in [2.05, 4.69) is 19.9 Å². The molecule has 2 aromatic rings. The molecule has 0 saturated heterocycles. The van der Waals surface area contributed by atoms with E-state index in [-0.39, 0.29) is 11.3 Å². The van der Waals surface area contributed by atoms with Gasteiger partial charge in [-0.2, -0.15) is 13.2 Å². The minimum atomic E-state index is -4.43. The van der Waals surface area contributed by atoms with E-state index >= 15 is 0 Å². The smallest absolute Gasteiger partial charge is 0.388 e. The van der Waals surface area contributed by atoms with Crippen molar-refractivity contribution in [3.8, 4) is 0 Å². The first-order valence-electron chi connectivity index (χ1n) is 12.8. The molecule has 0 amide bonds. The molecule has 0 bridgehead atoms. The molecule has 3 aliphatic rings. The van der Waals surface area contributed by atoms with E-state index in [1.54, 1.807) is 0 Å². The summed E-state index contributed by atoms with van der Waals surface area (Å²) < 4.78 is 39.5. The third-order valence-corrected chi connectivity index (χ3v) is 8.04. The minimum Gasteiger partial charge on any atom is -0.388 e. The first-order chi connectivity index (χ1) is 16.5. The molecule has 1 aromatic heterocycles. The Hall–Kier alpha value is -2.18. The van der Waals surface area contributed by atoms with Gasteiger partial charge in [-0.15, -0.1) is 0 Å². The number of hydrogen-bond donors (Lipinski definition) is 2. The summed E-state index contributed by atoms with van der Waals surface area (Å²) in [5.41, 5.74) is 4.95. The van der Waals surface area contributed by atoms with Crippen molar-refractivity contribution in [1.29, 1.82) is 0 Å². The Bertz CT molecular complexity index is 1130. The average Bonchev–Trinajstić information content (AvgIpc) is 3.50. The van der Waals surface area contributed by atoms with Crippen LogP contribution in [0, 0.1) is 5.41 Å². The zero-order chi connectivity index (χ0) is 25.0. The van der Waals surface area contributed by atoms with Crippen molar-refractivity contribution >= 4 is 5.57 Å². The lowest BCUT2D eigenvalue weighted by Gasteiger charge is -2.38. The summed E-state index contributed by atoms with van der Waals surface area (Å²) in [6.45, 7) is 4.30. The van der Waals surface area contributed by atoms with E-state index in [9.17, 15) is 23.4 Å². The Morgan fingerprint density at radius 1 is 1.06 bits per heavy atom. The number of alkyl halides is 3. The van der Waals surface area contributed by atoms with Crippen molar-refractivity contribution in [1.82, 2.24) is 4.98 Å². The van der Waals surface area contributed by atoms with Gasteiger partial charge < -0.3 is 10.2 Å². The summed E-state index contributed by atoms with van der Waals surface area (Å²) in [4.78, 5) is 5.15. The van der Waals surface area contributed by atoms with E-state index in [4.69, 9.17) is 4.98 Å². The molecule has 1 aromatic carbocycles. The van der Waals surface area contributed by atoms with Crippen LogP contribution in [0.4, 0.5) is 13.2 Å². The molecular formula is C29H34F3NO2. The Kier molecular flexibility index (Phi) is 6.33. The van der Waals surface area contributed by atoms with Crippen molar-refractivity contribution < 1.29 is 23.4 Å². The predicted molar refractivity (Wildman–Crippen MR) is 130 cm³/mol. The second-order valence-corrected chi connectivity index (χ2v) is 11.3. The number of rotatable bonds is 4. The predicted octanol–water partition coefficient (Wildman–Crippen LogP) is 7.41. The Labute approximate surface area is 205 Å². The highest BCUT2D eigenvalue weighted by atomic mass is 19.4. The highest BCUT2D eigenvalue weighted by molar-refractivity contribution is 5.75. The summed E-state index contributed by atoms with van der Waals surface area (Å²) in [6.07, 6.45) is 4.36. The first kappa shape index (κ1) is 24.5. The lowest BCUT2D eigenvalue weighted by Crippen LogP contribution is -2.29. The molecule has 3 aliphatic carbocycles. The fourth-order valence-corrected chi connectivity index (χ4v) is 6.38. The number of benzene rings is 1. The van der Waals surface area contributed by atoms with Crippen LogP contribution >= 0.6 is 0 Å². The SMILES string of the molecule is CC1(C)Cc2nc(C3CCCC3)c(C(O)c3ccc(C(F)(F)F)cc3)c(C3=CCCC3)c2C(O)C1. The quantitative estimate of drug-likeness (QED) is 0.474. The highest BCUT2D eigenvalue weighted by Gasteiger charge is 2.39. The molecular weight excluding hydrogens is 451 g/mol. The molecule has 3 nitrogen and oxygen atoms in total. The minimum absolute atomic E-state index is 0.0821. The molecule has 1 saturated carbocycles. The van der Waals surface area contributed by atoms with Gasteiger partial charge in [-0.1, -0.05) is 44.9 Å². The maximum absolute atomic E-state index is 13.2. The van der Waals surface area contributed by atoms with Crippen LogP contribution < -0.4 is 0 Å². The van der Waals surface area contributed by atoms with Crippen molar-refractivity contribution in [3.63, 3.8) is 0 Å². The van der Waals surface area contributed by atoms with Crippen molar-refractivity contribution in [3.05, 3.63) is 69.5 Å². The Balaban J connectivity index is 1.73. The van der Waals surface area contributed by atoms with Crippen molar-refractivity contribution in [2.24, 2.45) is 5.41 Å². The van der Waals surface area contributed by atoms with E-state index < -0.39 is 23.9 Å². The van der Waals surface area contributed by atoms with Crippen molar-refractivity contribution in [2.45, 2.75) is 95.9 Å². The summed E-state index contributed by atoms with van der Waals surface area (Å²) in [7, 11) is 0. The number of allylic oxidation sites excluding steroid dienone is 2. The van der Waals surface area contributed by atoms with Crippen LogP contribution in [0.2, 0.25) is 0 Å². The summed E-state index contributed by atoms with van der Waals surface area (Å²) >= 11 is 0. The van der Waals surface area contributed by atoms with Gasteiger partial charge in [0.2, 0.25) is 0 Å². The number of hydrogen-bond acceptors (Lipinski definition) is 3. The largest absolute Gasteiger partial charge is 0.416 e. The zero-order valence-electron chi connectivity index (χ0n) is 20.5. The van der Waals surface area contributed by atoms with Crippen LogP contribution in [0.15, 0.2) is 30.3 Å². The molecule has 1 heterocycles. The number of pyridine rings is 1. The normalized spacial score (nSPS) is 23.3. The number of aliphatic hydroxyl groups is 2. The Morgan fingerprint density at radius 3 is 2.34 bits per heavy atom. The second-order valence-electron chi connectivity index (χ2n) is 11.3. The lowest BCUT2D eigenvalue weighted by molar-refractivity contribution is -0.137. The van der Waals surface area contributed by atoms with Crippen LogP contribution in [-0.2, 0) is 12.6 Å². The highest BCUT2D eigenvalue weighted by Crippen LogP contribution is 2.50. The number of nitrogens with zero attached hydrogens (tertiary/aromatic N) is 1. The first-order valence-corrected chi connectivity index (χ1v) is 12.8. The Morgan fingerprint density at radius 2 is 1.74 bits per heavy atom. The standard InChI is InChI=1S/C29H34F3NO2/c1-28(2)15-21-24(22(34)16-28)23(17-7-3-4-8-17)25(26(33-21)18-9-5-6-10-18)27(35)19-11-13-20(14-12-19)29(30,31)32/h7,11-14,18,22,27,34-35H,3-6,8-10,15-16H2,1-2H3. The van der Waals surface area contributed by atoms with Crippen molar-refractivity contribution in [2.75, 3.05) is 0 Å². The van der Waals surface area contributed by atoms with Gasteiger partial charge in [0.05, 0.1) is 17.4 Å². The molecule has 0 aliphatic heterocycles. The van der Waals surface area contributed by atoms with Crippen LogP contribution in [0.5, 0.6) is 0 Å². The van der Waals surface area contributed by atoms with Gasteiger partial charge >= 0.3 is 6.18 Å². The van der Waals surface area contributed by atoms with E-state index in [0.29, 0.717) is 17.5 Å². The molecule has 188 valence electrons. The van der Waals surface area contributed by atoms with E-state index in [0.717, 1.165) is 91.6 Å². The van der Waals surface area contributed by atoms with Gasteiger partial charge in [0.1, 0.15) is 6.10 Å². The van der Waals surface area contributed by atoms with Gasteiger partial charge in [-0.3, -0.25) is 4.98 Å². The number of aromatic nitrogens is 1. The third-order valence-electron chi connectivity index (χ3n) is 8.04. The fourth-order valence-electron chi connectivity index (χ4n) is 6.38. The molecule has 35 heavy (non-hydrogen) atoms. The van der Waals surface area contributed by atoms with Gasteiger partial charge in [0.15, 0.2) is 0 Å². The van der Waals surface area contributed by atoms with Crippen LogP contribution in [0.3, 0.4) is 0 Å². The maximum Gasteiger partial charge on any atom is 0.416 e. The van der Waals surface area contributed by atoms with Gasteiger partial charge in [-0.25, -0.2) is 0 Å². The van der Waals surface area contributed by atoms with Gasteiger partial charge in [0.25, 0.3) is 0 Å².